The highest BCUT2D eigenvalue weighted by Gasteiger charge is 2.52. The van der Waals surface area contributed by atoms with Crippen LogP contribution in [0, 0.1) is 0 Å². The second-order valence-corrected chi connectivity index (χ2v) is 4.24. The summed E-state index contributed by atoms with van der Waals surface area (Å²) in [6.45, 7) is 0. The third-order valence-electron chi connectivity index (χ3n) is 3.02. The van der Waals surface area contributed by atoms with Crippen molar-refractivity contribution < 1.29 is 9.53 Å². The van der Waals surface area contributed by atoms with E-state index in [0.29, 0.717) is 0 Å². The van der Waals surface area contributed by atoms with Crippen LogP contribution in [-0.4, -0.2) is 13.1 Å². The Balaban J connectivity index is 2.26. The van der Waals surface area contributed by atoms with Crippen LogP contribution in [0.1, 0.15) is 24.0 Å². The first-order valence-corrected chi connectivity index (χ1v) is 5.65. The lowest BCUT2D eigenvalue weighted by molar-refractivity contribution is -0.143. The molecule has 1 aromatic rings. The highest BCUT2D eigenvalue weighted by Crippen LogP contribution is 2.49. The summed E-state index contributed by atoms with van der Waals surface area (Å²) in [6, 6.07) is 8.06. The molecule has 0 bridgehead atoms. The van der Waals surface area contributed by atoms with E-state index < -0.39 is 0 Å². The molecule has 1 saturated carbocycles. The Morgan fingerprint density at radius 2 is 2.00 bits per heavy atom. The minimum absolute atomic E-state index is 0.110. The number of carbonyl (C=O) groups excluding carboxylic acids is 1. The molecule has 0 radical (unpaired) electrons. The van der Waals surface area contributed by atoms with E-state index in [1.165, 1.54) is 12.7 Å². The lowest BCUT2D eigenvalue weighted by atomic mass is 9.95. The van der Waals surface area contributed by atoms with Crippen LogP contribution in [0.4, 0.5) is 0 Å². The Morgan fingerprint density at radius 1 is 1.40 bits per heavy atom. The molecule has 80 valence electrons. The third kappa shape index (κ3) is 1.76. The maximum absolute atomic E-state index is 11.6. The normalized spacial score (nSPS) is 17.2. The number of thiol groups is 1. The first kappa shape index (κ1) is 10.6. The fourth-order valence-electron chi connectivity index (χ4n) is 1.86. The molecular weight excluding hydrogens is 208 g/mol. The minimum Gasteiger partial charge on any atom is -0.468 e. The van der Waals surface area contributed by atoms with Gasteiger partial charge >= 0.3 is 5.97 Å². The van der Waals surface area contributed by atoms with E-state index in [2.05, 4.69) is 12.6 Å². The van der Waals surface area contributed by atoms with E-state index in [1.807, 2.05) is 24.3 Å². The summed E-state index contributed by atoms with van der Waals surface area (Å²) >= 11 is 4.20. The van der Waals surface area contributed by atoms with E-state index in [4.69, 9.17) is 4.74 Å². The Morgan fingerprint density at radius 3 is 2.40 bits per heavy atom. The molecule has 0 spiro atoms. The van der Waals surface area contributed by atoms with Crippen molar-refractivity contribution >= 4 is 18.6 Å². The summed E-state index contributed by atoms with van der Waals surface area (Å²) in [5.74, 6) is 0.618. The monoisotopic (exact) mass is 222 g/mol. The SMILES string of the molecule is COC(=O)C1(c2ccc(CS)cc2)CC1. The van der Waals surface area contributed by atoms with E-state index in [1.54, 1.807) is 0 Å². The van der Waals surface area contributed by atoms with Gasteiger partial charge in [-0.25, -0.2) is 0 Å². The predicted molar refractivity (Wildman–Crippen MR) is 62.1 cm³/mol. The van der Waals surface area contributed by atoms with Gasteiger partial charge in [-0.1, -0.05) is 24.3 Å². The molecular formula is C12H14O2S. The Kier molecular flexibility index (Phi) is 2.74. The summed E-state index contributed by atoms with van der Waals surface area (Å²) in [5, 5.41) is 0. The van der Waals surface area contributed by atoms with Crippen LogP contribution in [0.15, 0.2) is 24.3 Å². The van der Waals surface area contributed by atoms with Crippen molar-refractivity contribution in [1.29, 1.82) is 0 Å². The van der Waals surface area contributed by atoms with Gasteiger partial charge in [-0.2, -0.15) is 12.6 Å². The number of hydrogen-bond acceptors (Lipinski definition) is 3. The summed E-state index contributed by atoms with van der Waals surface area (Å²) in [4.78, 5) is 11.6. The molecule has 1 aliphatic rings. The number of ether oxygens (including phenoxy) is 1. The van der Waals surface area contributed by atoms with Crippen molar-refractivity contribution in [2.45, 2.75) is 24.0 Å². The molecule has 15 heavy (non-hydrogen) atoms. The second kappa shape index (κ2) is 3.89. The van der Waals surface area contributed by atoms with Crippen molar-refractivity contribution in [1.82, 2.24) is 0 Å². The Bertz CT molecular complexity index is 366. The molecule has 2 nitrogen and oxygen atoms in total. The van der Waals surface area contributed by atoms with E-state index in [-0.39, 0.29) is 11.4 Å². The fraction of sp³-hybridized carbons (Fsp3) is 0.417. The van der Waals surface area contributed by atoms with Crippen LogP contribution in [-0.2, 0) is 20.7 Å². The van der Waals surface area contributed by atoms with Crippen LogP contribution in [0.25, 0.3) is 0 Å². The predicted octanol–water partition coefficient (Wildman–Crippen LogP) is 2.32. The lowest BCUT2D eigenvalue weighted by Gasteiger charge is -2.13. The van der Waals surface area contributed by atoms with E-state index in [9.17, 15) is 4.79 Å². The molecule has 1 aromatic carbocycles. The quantitative estimate of drug-likeness (QED) is 0.627. The van der Waals surface area contributed by atoms with Gasteiger partial charge in [0.1, 0.15) is 0 Å². The van der Waals surface area contributed by atoms with E-state index >= 15 is 0 Å². The molecule has 0 N–H and O–H groups in total. The smallest absolute Gasteiger partial charge is 0.316 e. The molecule has 0 aromatic heterocycles. The zero-order valence-electron chi connectivity index (χ0n) is 8.69. The number of carbonyl (C=O) groups is 1. The van der Waals surface area contributed by atoms with Gasteiger partial charge in [0.05, 0.1) is 12.5 Å². The third-order valence-corrected chi connectivity index (χ3v) is 3.38. The number of benzene rings is 1. The summed E-state index contributed by atoms with van der Waals surface area (Å²) in [7, 11) is 1.45. The van der Waals surface area contributed by atoms with Crippen molar-refractivity contribution in [3.63, 3.8) is 0 Å². The number of esters is 1. The van der Waals surface area contributed by atoms with E-state index in [0.717, 1.165) is 24.2 Å². The average molecular weight is 222 g/mol. The topological polar surface area (TPSA) is 26.3 Å². The largest absolute Gasteiger partial charge is 0.468 e. The van der Waals surface area contributed by atoms with Gasteiger partial charge < -0.3 is 4.74 Å². The first-order valence-electron chi connectivity index (χ1n) is 5.01. The standard InChI is InChI=1S/C12H14O2S/c1-14-11(13)12(6-7-12)10-4-2-9(8-15)3-5-10/h2-5,15H,6-8H2,1H3. The van der Waals surface area contributed by atoms with Crippen molar-refractivity contribution in [3.8, 4) is 0 Å². The lowest BCUT2D eigenvalue weighted by Crippen LogP contribution is -2.21. The molecule has 0 amide bonds. The zero-order chi connectivity index (χ0) is 10.9. The highest BCUT2D eigenvalue weighted by atomic mass is 32.1. The van der Waals surface area contributed by atoms with Gasteiger partial charge in [0.25, 0.3) is 0 Å². The van der Waals surface area contributed by atoms with Crippen LogP contribution in [0.3, 0.4) is 0 Å². The molecule has 2 rings (SSSR count). The molecule has 0 aliphatic heterocycles. The first-order chi connectivity index (χ1) is 7.23. The summed E-state index contributed by atoms with van der Waals surface area (Å²) in [5.41, 5.74) is 1.90. The molecule has 0 unspecified atom stereocenters. The zero-order valence-corrected chi connectivity index (χ0v) is 9.59. The molecule has 3 heteroatoms. The molecule has 1 aliphatic carbocycles. The number of methoxy groups -OCH3 is 1. The molecule has 0 heterocycles. The van der Waals surface area contributed by atoms with Gasteiger partial charge in [-0.05, 0) is 24.0 Å². The second-order valence-electron chi connectivity index (χ2n) is 3.93. The minimum atomic E-state index is -0.343. The summed E-state index contributed by atoms with van der Waals surface area (Å²) in [6.07, 6.45) is 1.81. The average Bonchev–Trinajstić information content (AvgIpc) is 3.09. The maximum atomic E-state index is 11.6. The van der Waals surface area contributed by atoms with Crippen molar-refractivity contribution in [3.05, 3.63) is 35.4 Å². The van der Waals surface area contributed by atoms with Gasteiger partial charge in [0, 0.05) is 5.75 Å². The maximum Gasteiger partial charge on any atom is 0.316 e. The highest BCUT2D eigenvalue weighted by molar-refractivity contribution is 7.79. The number of hydrogen-bond donors (Lipinski definition) is 1. The molecule has 1 fully saturated rings. The number of rotatable bonds is 3. The van der Waals surface area contributed by atoms with Crippen molar-refractivity contribution in [2.24, 2.45) is 0 Å². The van der Waals surface area contributed by atoms with Gasteiger partial charge in [0.15, 0.2) is 0 Å². The molecule has 0 atom stereocenters. The van der Waals surface area contributed by atoms with Gasteiger partial charge in [0.2, 0.25) is 0 Å². The fourth-order valence-corrected chi connectivity index (χ4v) is 2.07. The Labute approximate surface area is 95.0 Å². The Hall–Kier alpha value is -0.960. The van der Waals surface area contributed by atoms with Crippen molar-refractivity contribution in [2.75, 3.05) is 7.11 Å². The van der Waals surface area contributed by atoms with Crippen LogP contribution >= 0.6 is 12.6 Å². The van der Waals surface area contributed by atoms with Crippen LogP contribution in [0.2, 0.25) is 0 Å². The van der Waals surface area contributed by atoms with Crippen LogP contribution < -0.4 is 0 Å². The molecule has 0 saturated heterocycles. The van der Waals surface area contributed by atoms with Gasteiger partial charge in [-0.15, -0.1) is 0 Å². The van der Waals surface area contributed by atoms with Crippen LogP contribution in [0.5, 0.6) is 0 Å². The van der Waals surface area contributed by atoms with Gasteiger partial charge in [-0.3, -0.25) is 4.79 Å². The summed E-state index contributed by atoms with van der Waals surface area (Å²) < 4.78 is 4.83.